The zero-order valence-electron chi connectivity index (χ0n) is 13.7. The van der Waals surface area contributed by atoms with Crippen molar-refractivity contribution in [1.29, 1.82) is 0 Å². The summed E-state index contributed by atoms with van der Waals surface area (Å²) in [7, 11) is -1.67. The molecule has 0 N–H and O–H groups in total. The first-order valence-electron chi connectivity index (χ1n) is 7.71. The van der Waals surface area contributed by atoms with Crippen LogP contribution in [0, 0.1) is 0 Å². The number of methoxy groups -OCH3 is 1. The van der Waals surface area contributed by atoms with Gasteiger partial charge in [-0.3, -0.25) is 4.79 Å². The maximum Gasteiger partial charge on any atom is 0.257 e. The number of sulfonamides is 1. The number of fused-ring (bicyclic) bond motifs is 1. The van der Waals surface area contributed by atoms with Gasteiger partial charge in [-0.1, -0.05) is 24.3 Å². The van der Waals surface area contributed by atoms with E-state index in [-0.39, 0.29) is 5.91 Å². The summed E-state index contributed by atoms with van der Waals surface area (Å²) in [4.78, 5) is 14.5. The maximum atomic E-state index is 12.9. The average Bonchev–Trinajstić information content (AvgIpc) is 2.59. The van der Waals surface area contributed by atoms with Crippen LogP contribution in [0.1, 0.15) is 10.4 Å². The summed E-state index contributed by atoms with van der Waals surface area (Å²) in [5.74, 6) is 0.398. The van der Waals surface area contributed by atoms with Gasteiger partial charge in [0.1, 0.15) is 5.75 Å². The molecule has 1 aliphatic rings. The Morgan fingerprint density at radius 3 is 2.17 bits per heavy atom. The van der Waals surface area contributed by atoms with Gasteiger partial charge in [0.25, 0.3) is 5.91 Å². The largest absolute Gasteiger partial charge is 0.496 e. The van der Waals surface area contributed by atoms with Gasteiger partial charge in [0, 0.05) is 26.2 Å². The van der Waals surface area contributed by atoms with Gasteiger partial charge in [-0.2, -0.15) is 4.31 Å². The standard InChI is InChI=1S/C17H20N2O4S/c1-23-16-12-14-6-4-3-5-13(14)11-15(16)17(20)18-7-9-19(10-8-18)24(2,21)22/h3-6,11-12H,7-10H2,1-2H3. The molecule has 0 radical (unpaired) electrons. The number of hydrogen-bond donors (Lipinski definition) is 0. The third-order valence-corrected chi connectivity index (χ3v) is 5.60. The van der Waals surface area contributed by atoms with Crippen molar-refractivity contribution in [3.8, 4) is 5.75 Å². The van der Waals surface area contributed by atoms with Crippen molar-refractivity contribution >= 4 is 26.7 Å². The van der Waals surface area contributed by atoms with Crippen LogP contribution in [-0.4, -0.2) is 63.1 Å². The molecule has 128 valence electrons. The topological polar surface area (TPSA) is 66.9 Å². The van der Waals surface area contributed by atoms with E-state index in [0.717, 1.165) is 10.8 Å². The number of amides is 1. The summed E-state index contributed by atoms with van der Waals surface area (Å²) in [5.41, 5.74) is 0.504. The highest BCUT2D eigenvalue weighted by Gasteiger charge is 2.28. The molecule has 0 unspecified atom stereocenters. The lowest BCUT2D eigenvalue weighted by molar-refractivity contribution is 0.0695. The minimum Gasteiger partial charge on any atom is -0.496 e. The fourth-order valence-electron chi connectivity index (χ4n) is 2.95. The van der Waals surface area contributed by atoms with Crippen LogP contribution < -0.4 is 4.74 Å². The molecule has 0 aliphatic carbocycles. The third-order valence-electron chi connectivity index (χ3n) is 4.29. The van der Waals surface area contributed by atoms with Crippen molar-refractivity contribution < 1.29 is 17.9 Å². The minimum absolute atomic E-state index is 0.134. The molecule has 2 aromatic rings. The molecule has 1 saturated heterocycles. The second-order valence-corrected chi connectivity index (χ2v) is 7.84. The fraction of sp³-hybridized carbons (Fsp3) is 0.353. The molecule has 1 heterocycles. The van der Waals surface area contributed by atoms with Crippen LogP contribution in [0.2, 0.25) is 0 Å². The number of carbonyl (C=O) groups is 1. The van der Waals surface area contributed by atoms with Gasteiger partial charge in [0.05, 0.1) is 18.9 Å². The van der Waals surface area contributed by atoms with Crippen molar-refractivity contribution in [2.24, 2.45) is 0 Å². The van der Waals surface area contributed by atoms with Crippen LogP contribution in [0.4, 0.5) is 0 Å². The minimum atomic E-state index is -3.21. The predicted molar refractivity (Wildman–Crippen MR) is 92.8 cm³/mol. The zero-order valence-corrected chi connectivity index (χ0v) is 14.5. The number of rotatable bonds is 3. The lowest BCUT2D eigenvalue weighted by atomic mass is 10.0. The molecule has 0 aromatic heterocycles. The molecule has 7 heteroatoms. The Labute approximate surface area is 141 Å². The molecular weight excluding hydrogens is 328 g/mol. The first-order valence-corrected chi connectivity index (χ1v) is 9.56. The molecule has 1 amide bonds. The normalized spacial score (nSPS) is 16.3. The Bertz CT molecular complexity index is 871. The van der Waals surface area contributed by atoms with Gasteiger partial charge in [0.15, 0.2) is 0 Å². The van der Waals surface area contributed by atoms with Crippen LogP contribution in [0.25, 0.3) is 10.8 Å². The zero-order chi connectivity index (χ0) is 17.3. The van der Waals surface area contributed by atoms with Crippen molar-refractivity contribution in [3.63, 3.8) is 0 Å². The first-order chi connectivity index (χ1) is 11.4. The molecule has 24 heavy (non-hydrogen) atoms. The summed E-state index contributed by atoms with van der Waals surface area (Å²) in [5, 5.41) is 1.98. The van der Waals surface area contributed by atoms with E-state index in [1.54, 1.807) is 12.0 Å². The van der Waals surface area contributed by atoms with Crippen molar-refractivity contribution in [2.45, 2.75) is 0 Å². The molecule has 2 aromatic carbocycles. The van der Waals surface area contributed by atoms with Gasteiger partial charge in [-0.05, 0) is 22.9 Å². The monoisotopic (exact) mass is 348 g/mol. The highest BCUT2D eigenvalue weighted by molar-refractivity contribution is 7.88. The van der Waals surface area contributed by atoms with Crippen LogP contribution in [0.15, 0.2) is 36.4 Å². The summed E-state index contributed by atoms with van der Waals surface area (Å²) in [6.45, 7) is 1.39. The average molecular weight is 348 g/mol. The molecule has 1 fully saturated rings. The van der Waals surface area contributed by atoms with Gasteiger partial charge in [-0.25, -0.2) is 8.42 Å². The van der Waals surface area contributed by atoms with E-state index in [9.17, 15) is 13.2 Å². The highest BCUT2D eigenvalue weighted by Crippen LogP contribution is 2.27. The third kappa shape index (κ3) is 3.22. The molecule has 0 saturated carbocycles. The summed E-state index contributed by atoms with van der Waals surface area (Å²) < 4.78 is 29.9. The highest BCUT2D eigenvalue weighted by atomic mass is 32.2. The van der Waals surface area contributed by atoms with E-state index >= 15 is 0 Å². The summed E-state index contributed by atoms with van der Waals surface area (Å²) >= 11 is 0. The Morgan fingerprint density at radius 2 is 1.62 bits per heavy atom. The molecule has 1 aliphatic heterocycles. The Hall–Kier alpha value is -2.12. The molecule has 0 atom stereocenters. The van der Waals surface area contributed by atoms with Gasteiger partial charge in [-0.15, -0.1) is 0 Å². The van der Waals surface area contributed by atoms with Crippen LogP contribution in [0.3, 0.4) is 0 Å². The SMILES string of the molecule is COc1cc2ccccc2cc1C(=O)N1CCN(S(C)(=O)=O)CC1. The van der Waals surface area contributed by atoms with Crippen LogP contribution in [-0.2, 0) is 10.0 Å². The lowest BCUT2D eigenvalue weighted by Gasteiger charge is -2.33. The van der Waals surface area contributed by atoms with Gasteiger partial charge < -0.3 is 9.64 Å². The Morgan fingerprint density at radius 1 is 1.04 bits per heavy atom. The van der Waals surface area contributed by atoms with E-state index in [2.05, 4.69) is 0 Å². The first kappa shape index (κ1) is 16.7. The second-order valence-electron chi connectivity index (χ2n) is 5.85. The maximum absolute atomic E-state index is 12.9. The molecule has 6 nitrogen and oxygen atoms in total. The van der Waals surface area contributed by atoms with Crippen LogP contribution in [0.5, 0.6) is 5.75 Å². The van der Waals surface area contributed by atoms with Crippen molar-refractivity contribution in [2.75, 3.05) is 39.5 Å². The predicted octanol–water partition coefficient (Wildman–Crippen LogP) is 1.57. The number of piperazine rings is 1. The van der Waals surface area contributed by atoms with Crippen molar-refractivity contribution in [3.05, 3.63) is 42.0 Å². The Balaban J connectivity index is 1.86. The number of benzene rings is 2. The Kier molecular flexibility index (Phi) is 4.47. The molecular formula is C17H20N2O4S. The van der Waals surface area contributed by atoms with E-state index < -0.39 is 10.0 Å². The van der Waals surface area contributed by atoms with Gasteiger partial charge >= 0.3 is 0 Å². The smallest absolute Gasteiger partial charge is 0.257 e. The quantitative estimate of drug-likeness (QED) is 0.844. The summed E-state index contributed by atoms with van der Waals surface area (Å²) in [6.07, 6.45) is 1.19. The van der Waals surface area contributed by atoms with E-state index in [4.69, 9.17) is 4.74 Å². The van der Waals surface area contributed by atoms with E-state index in [1.807, 2.05) is 36.4 Å². The lowest BCUT2D eigenvalue weighted by Crippen LogP contribution is -2.50. The number of hydrogen-bond acceptors (Lipinski definition) is 4. The fourth-order valence-corrected chi connectivity index (χ4v) is 3.78. The molecule has 0 bridgehead atoms. The number of carbonyl (C=O) groups excluding carboxylic acids is 1. The van der Waals surface area contributed by atoms with E-state index in [1.165, 1.54) is 10.6 Å². The second kappa shape index (κ2) is 6.41. The number of nitrogens with zero attached hydrogens (tertiary/aromatic N) is 2. The molecule has 0 spiro atoms. The summed E-state index contributed by atoms with van der Waals surface area (Å²) in [6, 6.07) is 11.5. The molecule has 3 rings (SSSR count). The van der Waals surface area contributed by atoms with Crippen LogP contribution >= 0.6 is 0 Å². The van der Waals surface area contributed by atoms with Gasteiger partial charge in [0.2, 0.25) is 10.0 Å². The van der Waals surface area contributed by atoms with E-state index in [0.29, 0.717) is 37.5 Å². The number of ether oxygens (including phenoxy) is 1. The van der Waals surface area contributed by atoms with Crippen molar-refractivity contribution in [1.82, 2.24) is 9.21 Å².